The lowest BCUT2D eigenvalue weighted by Gasteiger charge is -2.12. The highest BCUT2D eigenvalue weighted by Crippen LogP contribution is 2.17. The van der Waals surface area contributed by atoms with Gasteiger partial charge in [0.15, 0.2) is 0 Å². The number of anilines is 1. The highest BCUT2D eigenvalue weighted by atomic mass is 32.2. The van der Waals surface area contributed by atoms with Gasteiger partial charge < -0.3 is 15.7 Å². The van der Waals surface area contributed by atoms with E-state index in [1.807, 2.05) is 6.92 Å². The molecule has 0 aliphatic carbocycles. The van der Waals surface area contributed by atoms with E-state index in [1.54, 1.807) is 67.7 Å². The number of aryl methyl sites for hydroxylation is 2. The molecule has 2 aromatic carbocycles. The van der Waals surface area contributed by atoms with Crippen LogP contribution in [-0.4, -0.2) is 60.2 Å². The fourth-order valence-electron chi connectivity index (χ4n) is 4.17. The maximum absolute atomic E-state index is 13.9. The van der Waals surface area contributed by atoms with Crippen molar-refractivity contribution in [3.8, 4) is 11.8 Å². The molecule has 0 bridgehead atoms. The van der Waals surface area contributed by atoms with Gasteiger partial charge in [-0.1, -0.05) is 36.1 Å². The minimum Gasteiger partial charge on any atom is -0.480 e. The Morgan fingerprint density at radius 2 is 1.77 bits per heavy atom. The number of aromatic nitrogens is 3. The molecule has 226 valence electrons. The molecule has 2 aromatic heterocycles. The molecule has 0 radical (unpaired) electrons. The van der Waals surface area contributed by atoms with Crippen molar-refractivity contribution in [1.29, 1.82) is 0 Å². The van der Waals surface area contributed by atoms with Gasteiger partial charge in [-0.2, -0.15) is 9.46 Å². The summed E-state index contributed by atoms with van der Waals surface area (Å²) in [6.07, 6.45) is 3.19. The van der Waals surface area contributed by atoms with Gasteiger partial charge >= 0.3 is 5.97 Å². The van der Waals surface area contributed by atoms with Crippen LogP contribution in [0.1, 0.15) is 51.0 Å². The average Bonchev–Trinajstić information content (AvgIpc) is 3.36. The van der Waals surface area contributed by atoms with E-state index in [-0.39, 0.29) is 17.2 Å². The standard InChI is InChI=1S/C32H32N6O5S/c1-22-17-29(38(3)36-22)31(40)35-27-10-7-9-24(19-27)13-14-25-18-26(21-33-20-25)30(39)37-44(43,28-11-5-4-6-12-28)16-8-15-34-23(2)32(41)42/h4-7,9-12,17-21,23,34H,8,15-16H2,1-3H3,(H,35,40)(H,41,42)/t23-,44?/m0/s1. The Balaban J connectivity index is 1.51. The molecule has 3 N–H and O–H groups in total. The smallest absolute Gasteiger partial charge is 0.320 e. The summed E-state index contributed by atoms with van der Waals surface area (Å²) < 4.78 is 19.6. The number of aliphatic carboxylic acids is 1. The molecule has 0 aliphatic heterocycles. The van der Waals surface area contributed by atoms with Crippen molar-refractivity contribution >= 4 is 33.2 Å². The first kappa shape index (κ1) is 31.8. The van der Waals surface area contributed by atoms with Crippen LogP contribution in [-0.2, 0) is 21.6 Å². The second-order valence-corrected chi connectivity index (χ2v) is 12.3. The summed E-state index contributed by atoms with van der Waals surface area (Å²) in [4.78, 5) is 41.5. The second kappa shape index (κ2) is 14.4. The van der Waals surface area contributed by atoms with Gasteiger partial charge in [0.2, 0.25) is 0 Å². The number of amides is 2. The zero-order chi connectivity index (χ0) is 31.7. The molecule has 11 nitrogen and oxygen atoms in total. The number of carbonyl (C=O) groups is 3. The third kappa shape index (κ3) is 8.47. The van der Waals surface area contributed by atoms with E-state index in [4.69, 9.17) is 5.11 Å². The fourth-order valence-corrected chi connectivity index (χ4v) is 6.10. The summed E-state index contributed by atoms with van der Waals surface area (Å²) in [5.74, 6) is 4.07. The summed E-state index contributed by atoms with van der Waals surface area (Å²) in [5, 5.41) is 19.0. The van der Waals surface area contributed by atoms with Gasteiger partial charge in [0.25, 0.3) is 11.8 Å². The summed E-state index contributed by atoms with van der Waals surface area (Å²) >= 11 is 0. The van der Waals surface area contributed by atoms with Crippen LogP contribution in [0.5, 0.6) is 0 Å². The summed E-state index contributed by atoms with van der Waals surface area (Å²) in [5.41, 5.74) is 2.93. The molecular weight excluding hydrogens is 580 g/mol. The first-order valence-corrected chi connectivity index (χ1v) is 15.4. The molecule has 4 rings (SSSR count). The molecule has 0 spiro atoms. The average molecular weight is 613 g/mol. The van der Waals surface area contributed by atoms with Crippen molar-refractivity contribution in [1.82, 2.24) is 20.1 Å². The number of pyridine rings is 1. The number of benzene rings is 2. The number of carbonyl (C=O) groups excluding carboxylic acids is 2. The van der Waals surface area contributed by atoms with Gasteiger partial charge in [0.05, 0.1) is 21.0 Å². The molecule has 0 fully saturated rings. The van der Waals surface area contributed by atoms with Gasteiger partial charge in [0, 0.05) is 46.9 Å². The van der Waals surface area contributed by atoms with Crippen LogP contribution in [0.25, 0.3) is 0 Å². The Labute approximate surface area is 255 Å². The minimum absolute atomic E-state index is 0.0576. The third-order valence-corrected chi connectivity index (χ3v) is 8.76. The first-order chi connectivity index (χ1) is 21.0. The lowest BCUT2D eigenvalue weighted by atomic mass is 10.1. The Morgan fingerprint density at radius 1 is 1.02 bits per heavy atom. The lowest BCUT2D eigenvalue weighted by Crippen LogP contribution is -2.34. The van der Waals surface area contributed by atoms with E-state index < -0.39 is 27.6 Å². The van der Waals surface area contributed by atoms with Crippen LogP contribution < -0.4 is 10.6 Å². The Bertz CT molecular complexity index is 1870. The predicted octanol–water partition coefficient (Wildman–Crippen LogP) is 3.90. The van der Waals surface area contributed by atoms with E-state index in [0.29, 0.717) is 40.4 Å². The van der Waals surface area contributed by atoms with Crippen molar-refractivity contribution in [2.24, 2.45) is 11.4 Å². The number of hydrogen-bond acceptors (Lipinski definition) is 7. The fraction of sp³-hybridized carbons (Fsp3) is 0.219. The molecule has 12 heteroatoms. The molecule has 2 heterocycles. The van der Waals surface area contributed by atoms with Crippen molar-refractivity contribution < 1.29 is 23.7 Å². The normalized spacial score (nSPS) is 12.7. The van der Waals surface area contributed by atoms with Gasteiger partial charge in [0.1, 0.15) is 11.7 Å². The van der Waals surface area contributed by atoms with Gasteiger partial charge in [-0.3, -0.25) is 24.0 Å². The van der Waals surface area contributed by atoms with Crippen molar-refractivity contribution in [3.63, 3.8) is 0 Å². The molecule has 4 aromatic rings. The predicted molar refractivity (Wildman–Crippen MR) is 167 cm³/mol. The van der Waals surface area contributed by atoms with Crippen molar-refractivity contribution in [2.45, 2.75) is 31.2 Å². The van der Waals surface area contributed by atoms with Crippen LogP contribution >= 0.6 is 0 Å². The SMILES string of the molecule is Cc1cc(C(=O)Nc2cccc(C#Cc3cncc(C(=O)N=S(=O)(CCCN[C@@H](C)C(=O)O)c4ccccc4)c3)c2)n(C)n1. The lowest BCUT2D eigenvalue weighted by molar-refractivity contribution is -0.138. The van der Waals surface area contributed by atoms with Crippen molar-refractivity contribution in [2.75, 3.05) is 17.6 Å². The highest BCUT2D eigenvalue weighted by molar-refractivity contribution is 7.94. The van der Waals surface area contributed by atoms with Gasteiger partial charge in [-0.15, -0.1) is 0 Å². The second-order valence-electron chi connectivity index (χ2n) is 9.96. The molecular formula is C32H32N6O5S. The summed E-state index contributed by atoms with van der Waals surface area (Å²) in [6, 6.07) is 18.0. The van der Waals surface area contributed by atoms with E-state index in [2.05, 4.69) is 36.9 Å². The van der Waals surface area contributed by atoms with Gasteiger partial charge in [-0.05, 0) is 69.3 Å². The molecule has 2 amide bonds. The molecule has 1 unspecified atom stereocenters. The molecule has 44 heavy (non-hydrogen) atoms. The number of hydrogen-bond donors (Lipinski definition) is 3. The van der Waals surface area contributed by atoms with Crippen LogP contribution in [0.3, 0.4) is 0 Å². The Kier molecular flexibility index (Phi) is 10.4. The largest absolute Gasteiger partial charge is 0.480 e. The van der Waals surface area contributed by atoms with Crippen LogP contribution in [0, 0.1) is 18.8 Å². The van der Waals surface area contributed by atoms with Crippen molar-refractivity contribution in [3.05, 3.63) is 107 Å². The molecule has 0 aliphatic rings. The first-order valence-electron chi connectivity index (χ1n) is 13.7. The summed E-state index contributed by atoms with van der Waals surface area (Å²) in [7, 11) is -1.45. The number of nitrogens with zero attached hydrogens (tertiary/aromatic N) is 4. The molecule has 0 saturated heterocycles. The zero-order valence-corrected chi connectivity index (χ0v) is 25.3. The van der Waals surface area contributed by atoms with E-state index in [9.17, 15) is 18.6 Å². The van der Waals surface area contributed by atoms with Gasteiger partial charge in [-0.25, -0.2) is 4.21 Å². The molecule has 2 atom stereocenters. The van der Waals surface area contributed by atoms with Crippen LogP contribution in [0.4, 0.5) is 5.69 Å². The number of carboxylic acid groups (broad SMARTS) is 1. The van der Waals surface area contributed by atoms with Crippen LogP contribution in [0.2, 0.25) is 0 Å². The summed E-state index contributed by atoms with van der Waals surface area (Å²) in [6.45, 7) is 3.62. The Morgan fingerprint density at radius 3 is 2.48 bits per heavy atom. The number of carboxylic acids is 1. The number of nitrogens with one attached hydrogen (secondary N) is 2. The zero-order valence-electron chi connectivity index (χ0n) is 24.5. The van der Waals surface area contributed by atoms with E-state index in [0.717, 1.165) is 5.69 Å². The topological polar surface area (TPSA) is 156 Å². The third-order valence-electron chi connectivity index (χ3n) is 6.45. The highest BCUT2D eigenvalue weighted by Gasteiger charge is 2.18. The molecule has 0 saturated carbocycles. The van der Waals surface area contributed by atoms with E-state index in [1.165, 1.54) is 30.1 Å². The Hall–Kier alpha value is -5.12. The monoisotopic (exact) mass is 612 g/mol. The quantitative estimate of drug-likeness (QED) is 0.180. The maximum atomic E-state index is 13.9. The number of rotatable bonds is 10. The van der Waals surface area contributed by atoms with E-state index >= 15 is 0 Å². The minimum atomic E-state index is -3.15. The van der Waals surface area contributed by atoms with Crippen LogP contribution in [0.15, 0.2) is 88.4 Å². The maximum Gasteiger partial charge on any atom is 0.320 e.